The van der Waals surface area contributed by atoms with Gasteiger partial charge >= 0.3 is 0 Å². The highest BCUT2D eigenvalue weighted by Gasteiger charge is 2.16. The minimum atomic E-state index is -0.456. The molecule has 26 heavy (non-hydrogen) atoms. The Labute approximate surface area is 150 Å². The minimum absolute atomic E-state index is 0.122. The van der Waals surface area contributed by atoms with Gasteiger partial charge in [0.05, 0.1) is 6.54 Å². The van der Waals surface area contributed by atoms with Crippen LogP contribution in [-0.2, 0) is 16.1 Å². The van der Waals surface area contributed by atoms with Crippen molar-refractivity contribution in [3.8, 4) is 5.75 Å². The molecular weight excluding hydrogens is 342 g/mol. The SMILES string of the molecule is CCN(CC(=O)NCc1ccc(F)cc1)C(=O)COc1cccc(F)c1. The van der Waals surface area contributed by atoms with Gasteiger partial charge in [0, 0.05) is 19.2 Å². The van der Waals surface area contributed by atoms with E-state index >= 15 is 0 Å². The first-order valence-electron chi connectivity index (χ1n) is 8.15. The van der Waals surface area contributed by atoms with Crippen molar-refractivity contribution in [2.75, 3.05) is 19.7 Å². The molecule has 0 bridgehead atoms. The average Bonchev–Trinajstić information content (AvgIpc) is 2.63. The van der Waals surface area contributed by atoms with Crippen molar-refractivity contribution >= 4 is 11.8 Å². The third-order valence-electron chi connectivity index (χ3n) is 3.63. The number of likely N-dealkylation sites (N-methyl/N-ethyl adjacent to an activating group) is 1. The van der Waals surface area contributed by atoms with E-state index in [1.807, 2.05) is 0 Å². The van der Waals surface area contributed by atoms with E-state index in [1.165, 1.54) is 35.2 Å². The van der Waals surface area contributed by atoms with Gasteiger partial charge in [-0.1, -0.05) is 18.2 Å². The summed E-state index contributed by atoms with van der Waals surface area (Å²) in [5.74, 6) is -1.28. The molecule has 138 valence electrons. The van der Waals surface area contributed by atoms with E-state index in [-0.39, 0.29) is 43.1 Å². The number of hydrogen-bond donors (Lipinski definition) is 1. The van der Waals surface area contributed by atoms with Crippen LogP contribution in [0.3, 0.4) is 0 Å². The molecule has 0 unspecified atom stereocenters. The van der Waals surface area contributed by atoms with E-state index < -0.39 is 5.82 Å². The number of benzene rings is 2. The summed E-state index contributed by atoms with van der Waals surface area (Å²) >= 11 is 0. The summed E-state index contributed by atoms with van der Waals surface area (Å²) in [5, 5.41) is 2.67. The highest BCUT2D eigenvalue weighted by atomic mass is 19.1. The third-order valence-corrected chi connectivity index (χ3v) is 3.63. The van der Waals surface area contributed by atoms with E-state index in [2.05, 4.69) is 5.32 Å². The van der Waals surface area contributed by atoms with Gasteiger partial charge in [0.1, 0.15) is 17.4 Å². The molecule has 0 spiro atoms. The van der Waals surface area contributed by atoms with Gasteiger partial charge < -0.3 is 15.0 Å². The molecule has 0 radical (unpaired) electrons. The molecule has 5 nitrogen and oxygen atoms in total. The first kappa shape index (κ1) is 19.4. The summed E-state index contributed by atoms with van der Waals surface area (Å²) in [4.78, 5) is 25.5. The van der Waals surface area contributed by atoms with Crippen molar-refractivity contribution in [1.82, 2.24) is 10.2 Å². The van der Waals surface area contributed by atoms with E-state index in [4.69, 9.17) is 4.74 Å². The molecule has 0 heterocycles. The van der Waals surface area contributed by atoms with E-state index in [9.17, 15) is 18.4 Å². The normalized spacial score (nSPS) is 10.3. The highest BCUT2D eigenvalue weighted by molar-refractivity contribution is 5.85. The largest absolute Gasteiger partial charge is 0.484 e. The third kappa shape index (κ3) is 6.16. The predicted molar refractivity (Wildman–Crippen MR) is 92.4 cm³/mol. The zero-order valence-electron chi connectivity index (χ0n) is 14.4. The fourth-order valence-electron chi connectivity index (χ4n) is 2.20. The van der Waals surface area contributed by atoms with Crippen LogP contribution in [0.25, 0.3) is 0 Å². The molecule has 2 amide bonds. The molecule has 0 atom stereocenters. The Hall–Kier alpha value is -2.96. The van der Waals surface area contributed by atoms with Crippen molar-refractivity contribution in [2.24, 2.45) is 0 Å². The second-order valence-corrected chi connectivity index (χ2v) is 5.56. The second kappa shape index (κ2) is 9.50. The number of nitrogens with one attached hydrogen (secondary N) is 1. The molecule has 0 aliphatic heterocycles. The van der Waals surface area contributed by atoms with Gasteiger partial charge in [-0.05, 0) is 36.8 Å². The Morgan fingerprint density at radius 2 is 1.81 bits per heavy atom. The summed E-state index contributed by atoms with van der Waals surface area (Å²) in [6.45, 7) is 1.90. The van der Waals surface area contributed by atoms with E-state index in [1.54, 1.807) is 25.1 Å². The fourth-order valence-corrected chi connectivity index (χ4v) is 2.20. The maximum atomic E-state index is 13.1. The Kier molecular flexibility index (Phi) is 7.08. The molecule has 0 saturated carbocycles. The van der Waals surface area contributed by atoms with Crippen LogP contribution in [0.15, 0.2) is 48.5 Å². The van der Waals surface area contributed by atoms with Crippen LogP contribution in [0.5, 0.6) is 5.75 Å². The van der Waals surface area contributed by atoms with Gasteiger partial charge in [0.25, 0.3) is 5.91 Å². The first-order valence-corrected chi connectivity index (χ1v) is 8.15. The number of rotatable bonds is 8. The van der Waals surface area contributed by atoms with Gasteiger partial charge in [-0.25, -0.2) is 8.78 Å². The molecule has 7 heteroatoms. The molecule has 2 aromatic rings. The number of carbonyl (C=O) groups is 2. The molecule has 2 rings (SSSR count). The topological polar surface area (TPSA) is 58.6 Å². The van der Waals surface area contributed by atoms with Crippen molar-refractivity contribution < 1.29 is 23.1 Å². The average molecular weight is 362 g/mol. The number of amides is 2. The van der Waals surface area contributed by atoms with Crippen molar-refractivity contribution in [3.05, 3.63) is 65.7 Å². The standard InChI is InChI=1S/C19H20F2N2O3/c1-2-23(19(25)13-26-17-5-3-4-16(21)10-17)12-18(24)22-11-14-6-8-15(20)9-7-14/h3-10H,2,11-13H2,1H3,(H,22,24). The summed E-state index contributed by atoms with van der Waals surface area (Å²) < 4.78 is 31.2. The maximum absolute atomic E-state index is 13.1. The Morgan fingerprint density at radius 3 is 2.46 bits per heavy atom. The number of hydrogen-bond acceptors (Lipinski definition) is 3. The van der Waals surface area contributed by atoms with Crippen LogP contribution < -0.4 is 10.1 Å². The lowest BCUT2D eigenvalue weighted by Gasteiger charge is -2.20. The van der Waals surface area contributed by atoms with Crippen LogP contribution in [0.2, 0.25) is 0 Å². The van der Waals surface area contributed by atoms with E-state index in [0.717, 1.165) is 5.56 Å². The number of nitrogens with zero attached hydrogens (tertiary/aromatic N) is 1. The quantitative estimate of drug-likeness (QED) is 0.785. The number of halogens is 2. The lowest BCUT2D eigenvalue weighted by Crippen LogP contribution is -2.42. The minimum Gasteiger partial charge on any atom is -0.484 e. The van der Waals surface area contributed by atoms with Crippen molar-refractivity contribution in [2.45, 2.75) is 13.5 Å². The summed E-state index contributed by atoms with van der Waals surface area (Å²) in [6, 6.07) is 11.3. The Morgan fingerprint density at radius 1 is 1.08 bits per heavy atom. The smallest absolute Gasteiger partial charge is 0.260 e. The fraction of sp³-hybridized carbons (Fsp3) is 0.263. The molecule has 0 aromatic heterocycles. The molecule has 0 fully saturated rings. The lowest BCUT2D eigenvalue weighted by molar-refractivity contribution is -0.137. The van der Waals surface area contributed by atoms with Crippen LogP contribution in [-0.4, -0.2) is 36.4 Å². The summed E-state index contributed by atoms with van der Waals surface area (Å²) in [7, 11) is 0. The van der Waals surface area contributed by atoms with Gasteiger partial charge in [0.2, 0.25) is 5.91 Å². The van der Waals surface area contributed by atoms with Gasteiger partial charge in [-0.3, -0.25) is 9.59 Å². The van der Waals surface area contributed by atoms with Crippen molar-refractivity contribution in [3.63, 3.8) is 0 Å². The van der Waals surface area contributed by atoms with Gasteiger partial charge in [-0.2, -0.15) is 0 Å². The monoisotopic (exact) mass is 362 g/mol. The zero-order chi connectivity index (χ0) is 18.9. The molecule has 0 saturated heterocycles. The van der Waals surface area contributed by atoms with Gasteiger partial charge in [0.15, 0.2) is 6.61 Å². The Balaban J connectivity index is 1.80. The summed E-state index contributed by atoms with van der Waals surface area (Å²) in [6.07, 6.45) is 0. The first-order chi connectivity index (χ1) is 12.5. The second-order valence-electron chi connectivity index (χ2n) is 5.56. The zero-order valence-corrected chi connectivity index (χ0v) is 14.4. The van der Waals surface area contributed by atoms with Crippen LogP contribution in [0, 0.1) is 11.6 Å². The van der Waals surface area contributed by atoms with Gasteiger partial charge in [-0.15, -0.1) is 0 Å². The molecule has 1 N–H and O–H groups in total. The predicted octanol–water partition coefficient (Wildman–Crippen LogP) is 2.51. The molecule has 0 aliphatic rings. The highest BCUT2D eigenvalue weighted by Crippen LogP contribution is 2.12. The molecule has 0 aliphatic carbocycles. The number of carbonyl (C=O) groups excluding carboxylic acids is 2. The molecule has 2 aromatic carbocycles. The van der Waals surface area contributed by atoms with E-state index in [0.29, 0.717) is 6.54 Å². The van der Waals surface area contributed by atoms with Crippen LogP contribution >= 0.6 is 0 Å². The molecular formula is C19H20F2N2O3. The Bertz CT molecular complexity index is 751. The maximum Gasteiger partial charge on any atom is 0.260 e. The van der Waals surface area contributed by atoms with Crippen molar-refractivity contribution in [1.29, 1.82) is 0 Å². The van der Waals surface area contributed by atoms with Crippen LogP contribution in [0.4, 0.5) is 8.78 Å². The van der Waals surface area contributed by atoms with Crippen LogP contribution in [0.1, 0.15) is 12.5 Å². The summed E-state index contributed by atoms with van der Waals surface area (Å²) in [5.41, 5.74) is 0.753. The lowest BCUT2D eigenvalue weighted by atomic mass is 10.2. The number of ether oxygens (including phenoxy) is 1.